The minimum atomic E-state index is -0.253. The lowest BCUT2D eigenvalue weighted by atomic mass is 9.96. The Morgan fingerprint density at radius 3 is 2.68 bits per heavy atom. The van der Waals surface area contributed by atoms with Gasteiger partial charge in [0.1, 0.15) is 5.82 Å². The molecule has 1 aromatic rings. The third-order valence-electron chi connectivity index (χ3n) is 4.33. The molecular formula is C17H25FN2O2. The van der Waals surface area contributed by atoms with E-state index in [1.54, 1.807) is 17.0 Å². The molecule has 2 atom stereocenters. The van der Waals surface area contributed by atoms with Gasteiger partial charge in [-0.2, -0.15) is 0 Å². The lowest BCUT2D eigenvalue weighted by molar-refractivity contribution is 0.152. The number of hydrogen-bond donors (Lipinski definition) is 2. The summed E-state index contributed by atoms with van der Waals surface area (Å²) in [5.74, 6) is 0.0147. The largest absolute Gasteiger partial charge is 0.394 e. The molecule has 0 bridgehead atoms. The number of aliphatic hydroxyl groups excluding tert-OH is 1. The van der Waals surface area contributed by atoms with Crippen molar-refractivity contribution in [2.24, 2.45) is 5.92 Å². The van der Waals surface area contributed by atoms with Crippen molar-refractivity contribution in [1.82, 2.24) is 10.2 Å². The summed E-state index contributed by atoms with van der Waals surface area (Å²) in [4.78, 5) is 14.1. The van der Waals surface area contributed by atoms with Gasteiger partial charge in [-0.1, -0.05) is 26.0 Å². The maximum atomic E-state index is 13.0. The van der Waals surface area contributed by atoms with Crippen molar-refractivity contribution in [2.75, 3.05) is 13.2 Å². The van der Waals surface area contributed by atoms with E-state index >= 15 is 0 Å². The predicted molar refractivity (Wildman–Crippen MR) is 84.1 cm³/mol. The fourth-order valence-electron chi connectivity index (χ4n) is 2.86. The molecule has 4 nitrogen and oxygen atoms in total. The van der Waals surface area contributed by atoms with Crippen molar-refractivity contribution in [3.05, 3.63) is 35.6 Å². The van der Waals surface area contributed by atoms with Gasteiger partial charge in [0.2, 0.25) is 0 Å². The van der Waals surface area contributed by atoms with Crippen LogP contribution in [0.4, 0.5) is 9.18 Å². The van der Waals surface area contributed by atoms with Crippen LogP contribution in [0.15, 0.2) is 24.3 Å². The minimum absolute atomic E-state index is 0.0116. The number of nitrogens with zero attached hydrogens (tertiary/aromatic N) is 1. The summed E-state index contributed by atoms with van der Waals surface area (Å²) in [6, 6.07) is 6.19. The maximum Gasteiger partial charge on any atom is 0.317 e. The van der Waals surface area contributed by atoms with Crippen LogP contribution in [0.25, 0.3) is 0 Å². The number of amides is 2. The van der Waals surface area contributed by atoms with E-state index in [-0.39, 0.29) is 36.5 Å². The summed E-state index contributed by atoms with van der Waals surface area (Å²) in [6.07, 6.45) is 2.46. The summed E-state index contributed by atoms with van der Waals surface area (Å²) in [6.45, 7) is 4.82. The molecule has 1 aliphatic rings. The Balaban J connectivity index is 1.99. The van der Waals surface area contributed by atoms with Gasteiger partial charge < -0.3 is 15.3 Å². The second-order valence-corrected chi connectivity index (χ2v) is 6.30. The van der Waals surface area contributed by atoms with E-state index in [1.165, 1.54) is 12.1 Å². The van der Waals surface area contributed by atoms with Crippen molar-refractivity contribution in [3.8, 4) is 0 Å². The summed E-state index contributed by atoms with van der Waals surface area (Å²) < 4.78 is 13.0. The van der Waals surface area contributed by atoms with Crippen LogP contribution < -0.4 is 5.32 Å². The molecule has 0 radical (unpaired) electrons. The Kier molecular flexibility index (Phi) is 5.77. The highest BCUT2D eigenvalue weighted by molar-refractivity contribution is 5.75. The van der Waals surface area contributed by atoms with E-state index in [2.05, 4.69) is 19.2 Å². The van der Waals surface area contributed by atoms with Crippen molar-refractivity contribution in [3.63, 3.8) is 0 Å². The zero-order valence-corrected chi connectivity index (χ0v) is 13.3. The monoisotopic (exact) mass is 308 g/mol. The quantitative estimate of drug-likeness (QED) is 0.878. The minimum Gasteiger partial charge on any atom is -0.394 e. The van der Waals surface area contributed by atoms with Gasteiger partial charge in [0, 0.05) is 12.6 Å². The van der Waals surface area contributed by atoms with E-state index in [1.807, 2.05) is 0 Å². The Bertz CT molecular complexity index is 490. The standard InChI is InChI=1S/C17H25FN2O2/c1-12(2)16(10-13-5-7-14(18)8-6-13)19-17(22)20-9-3-4-15(20)11-21/h5-8,12,15-16,21H,3-4,9-11H2,1-2H3,(H,19,22)/t15-,16-/m1/s1. The van der Waals surface area contributed by atoms with Crippen LogP contribution >= 0.6 is 0 Å². The molecule has 2 rings (SSSR count). The number of likely N-dealkylation sites (tertiary alicyclic amines) is 1. The van der Waals surface area contributed by atoms with Gasteiger partial charge in [-0.3, -0.25) is 0 Å². The molecule has 1 fully saturated rings. The van der Waals surface area contributed by atoms with Crippen LogP contribution in [-0.4, -0.2) is 41.3 Å². The third kappa shape index (κ3) is 4.19. The number of urea groups is 1. The third-order valence-corrected chi connectivity index (χ3v) is 4.33. The highest BCUT2D eigenvalue weighted by Crippen LogP contribution is 2.18. The Morgan fingerprint density at radius 1 is 1.41 bits per heavy atom. The molecule has 1 saturated heterocycles. The molecule has 1 aromatic carbocycles. The normalized spacial score (nSPS) is 19.5. The average Bonchev–Trinajstić information content (AvgIpc) is 2.97. The molecule has 122 valence electrons. The second-order valence-electron chi connectivity index (χ2n) is 6.30. The molecule has 0 saturated carbocycles. The highest BCUT2D eigenvalue weighted by Gasteiger charge is 2.29. The van der Waals surface area contributed by atoms with Crippen molar-refractivity contribution >= 4 is 6.03 Å². The van der Waals surface area contributed by atoms with Gasteiger partial charge in [-0.05, 0) is 42.9 Å². The number of carbonyl (C=O) groups is 1. The van der Waals surface area contributed by atoms with Crippen LogP contribution in [0.5, 0.6) is 0 Å². The van der Waals surface area contributed by atoms with Crippen LogP contribution in [0.2, 0.25) is 0 Å². The molecule has 0 aliphatic carbocycles. The smallest absolute Gasteiger partial charge is 0.317 e. The fourth-order valence-corrected chi connectivity index (χ4v) is 2.86. The molecule has 1 heterocycles. The number of carbonyl (C=O) groups excluding carboxylic acids is 1. The van der Waals surface area contributed by atoms with E-state index in [0.717, 1.165) is 18.4 Å². The van der Waals surface area contributed by atoms with Gasteiger partial charge in [-0.15, -0.1) is 0 Å². The van der Waals surface area contributed by atoms with Crippen molar-refractivity contribution in [1.29, 1.82) is 0 Å². The second kappa shape index (κ2) is 7.58. The fraction of sp³-hybridized carbons (Fsp3) is 0.588. The van der Waals surface area contributed by atoms with Gasteiger partial charge >= 0.3 is 6.03 Å². The summed E-state index contributed by atoms with van der Waals surface area (Å²) in [5, 5.41) is 12.4. The van der Waals surface area contributed by atoms with E-state index in [9.17, 15) is 14.3 Å². The summed E-state index contributed by atoms with van der Waals surface area (Å²) in [7, 11) is 0. The van der Waals surface area contributed by atoms with Crippen LogP contribution in [-0.2, 0) is 6.42 Å². The first-order valence-corrected chi connectivity index (χ1v) is 7.93. The zero-order chi connectivity index (χ0) is 16.1. The number of rotatable bonds is 5. The van der Waals surface area contributed by atoms with Crippen LogP contribution in [0, 0.1) is 11.7 Å². The van der Waals surface area contributed by atoms with Crippen molar-refractivity contribution < 1.29 is 14.3 Å². The van der Waals surface area contributed by atoms with E-state index < -0.39 is 0 Å². The lowest BCUT2D eigenvalue weighted by Gasteiger charge is -2.29. The molecule has 0 aromatic heterocycles. The number of hydrogen-bond acceptors (Lipinski definition) is 2. The topological polar surface area (TPSA) is 52.6 Å². The molecule has 5 heteroatoms. The lowest BCUT2D eigenvalue weighted by Crippen LogP contribution is -2.49. The van der Waals surface area contributed by atoms with Gasteiger partial charge in [0.25, 0.3) is 0 Å². The SMILES string of the molecule is CC(C)[C@@H](Cc1ccc(F)cc1)NC(=O)N1CCC[C@@H]1CO. The summed E-state index contributed by atoms with van der Waals surface area (Å²) in [5.41, 5.74) is 1.00. The van der Waals surface area contributed by atoms with E-state index in [4.69, 9.17) is 0 Å². The Labute approximate surface area is 131 Å². The number of nitrogens with one attached hydrogen (secondary N) is 1. The molecular weight excluding hydrogens is 283 g/mol. The van der Waals surface area contributed by atoms with Crippen molar-refractivity contribution in [2.45, 2.75) is 45.2 Å². The average molecular weight is 308 g/mol. The molecule has 0 unspecified atom stereocenters. The van der Waals surface area contributed by atoms with Gasteiger partial charge in [0.15, 0.2) is 0 Å². The number of benzene rings is 1. The van der Waals surface area contributed by atoms with Crippen LogP contribution in [0.1, 0.15) is 32.3 Å². The Morgan fingerprint density at radius 2 is 2.09 bits per heavy atom. The van der Waals surface area contributed by atoms with Gasteiger partial charge in [-0.25, -0.2) is 9.18 Å². The van der Waals surface area contributed by atoms with Gasteiger partial charge in [0.05, 0.1) is 12.6 Å². The molecule has 2 N–H and O–H groups in total. The molecule has 2 amide bonds. The first-order chi connectivity index (χ1) is 10.5. The summed E-state index contributed by atoms with van der Waals surface area (Å²) >= 11 is 0. The molecule has 0 spiro atoms. The number of aliphatic hydroxyl groups is 1. The van der Waals surface area contributed by atoms with E-state index in [0.29, 0.717) is 13.0 Å². The Hall–Kier alpha value is -1.62. The first-order valence-electron chi connectivity index (χ1n) is 7.93. The zero-order valence-electron chi connectivity index (χ0n) is 13.3. The highest BCUT2D eigenvalue weighted by atomic mass is 19.1. The predicted octanol–water partition coefficient (Wildman–Crippen LogP) is 2.56. The first kappa shape index (κ1) is 16.7. The number of halogens is 1. The molecule has 1 aliphatic heterocycles. The maximum absolute atomic E-state index is 13.0. The van der Waals surface area contributed by atoms with Crippen LogP contribution in [0.3, 0.4) is 0 Å². The molecule has 22 heavy (non-hydrogen) atoms.